The zero-order valence-corrected chi connectivity index (χ0v) is 12.2. The Morgan fingerprint density at radius 2 is 1.82 bits per heavy atom. The lowest BCUT2D eigenvalue weighted by molar-refractivity contribution is 0.216. The van der Waals surface area contributed by atoms with Crippen molar-refractivity contribution in [2.75, 3.05) is 12.0 Å². The van der Waals surface area contributed by atoms with Crippen molar-refractivity contribution in [2.45, 2.75) is 24.7 Å². The minimum absolute atomic E-state index is 0.0713. The molecule has 0 aliphatic heterocycles. The zero-order valence-electron chi connectivity index (χ0n) is 12.2. The number of carbonyl (C=O) groups is 1. The molecule has 2 aromatic rings. The van der Waals surface area contributed by atoms with Crippen molar-refractivity contribution < 1.29 is 4.79 Å². The van der Waals surface area contributed by atoms with E-state index in [9.17, 15) is 4.79 Å². The highest BCUT2D eigenvalue weighted by Crippen LogP contribution is 2.43. The van der Waals surface area contributed by atoms with Crippen molar-refractivity contribution in [2.24, 2.45) is 0 Å². The number of nitrogens with one attached hydrogen (secondary N) is 3. The van der Waals surface area contributed by atoms with Gasteiger partial charge in [0.1, 0.15) is 0 Å². The van der Waals surface area contributed by atoms with Crippen molar-refractivity contribution in [3.63, 3.8) is 0 Å². The van der Waals surface area contributed by atoms with Crippen LogP contribution in [0, 0.1) is 0 Å². The molecular weight excluding hydrogens is 278 g/mol. The molecule has 0 bridgehead atoms. The minimum atomic E-state index is -0.283. The van der Waals surface area contributed by atoms with Crippen molar-refractivity contribution in [1.82, 2.24) is 20.7 Å². The number of hydrogen-bond acceptors (Lipinski definition) is 4. The van der Waals surface area contributed by atoms with E-state index in [2.05, 4.69) is 38.3 Å². The number of amides is 2. The van der Waals surface area contributed by atoms with E-state index in [-0.39, 0.29) is 11.4 Å². The maximum absolute atomic E-state index is 11.9. The molecule has 3 N–H and O–H groups in total. The number of carbonyl (C=O) groups excluding carboxylic acids is 1. The number of anilines is 1. The fourth-order valence-corrected chi connectivity index (χ4v) is 2.73. The van der Waals surface area contributed by atoms with E-state index in [0.717, 1.165) is 12.8 Å². The van der Waals surface area contributed by atoms with E-state index in [1.54, 1.807) is 18.5 Å². The van der Waals surface area contributed by atoms with E-state index in [1.807, 2.05) is 18.2 Å². The van der Waals surface area contributed by atoms with Gasteiger partial charge in [-0.25, -0.2) is 20.2 Å². The Bertz CT molecular complexity index is 613. The van der Waals surface area contributed by atoms with Crippen LogP contribution in [-0.2, 0) is 5.41 Å². The lowest BCUT2D eigenvalue weighted by Gasteiger charge is -2.42. The second-order valence-corrected chi connectivity index (χ2v) is 5.50. The third-order valence-electron chi connectivity index (χ3n) is 4.14. The second-order valence-electron chi connectivity index (χ2n) is 5.50. The molecule has 22 heavy (non-hydrogen) atoms. The molecule has 2 amide bonds. The molecule has 3 rings (SSSR count). The number of rotatable bonds is 5. The first-order valence-electron chi connectivity index (χ1n) is 7.41. The molecule has 1 heterocycles. The highest BCUT2D eigenvalue weighted by atomic mass is 16.2. The van der Waals surface area contributed by atoms with E-state index in [1.165, 1.54) is 12.0 Å². The van der Waals surface area contributed by atoms with Gasteiger partial charge >= 0.3 is 6.03 Å². The molecule has 0 atom stereocenters. The standard InChI is InChI=1S/C16H19N5O/c22-15(21-20-14-17-10-5-11-18-14)19-12-16(8-4-9-16)13-6-2-1-3-7-13/h1-3,5-7,10-11H,4,8-9,12H2,(H,17,18,20)(H2,19,21,22). The fourth-order valence-electron chi connectivity index (χ4n) is 2.73. The number of nitrogens with zero attached hydrogens (tertiary/aromatic N) is 2. The Labute approximate surface area is 129 Å². The summed E-state index contributed by atoms with van der Waals surface area (Å²) in [5.74, 6) is 0.360. The number of urea groups is 1. The van der Waals surface area contributed by atoms with E-state index in [4.69, 9.17) is 0 Å². The van der Waals surface area contributed by atoms with E-state index >= 15 is 0 Å². The minimum Gasteiger partial charge on any atom is -0.336 e. The summed E-state index contributed by atoms with van der Waals surface area (Å²) in [5, 5.41) is 2.93. The fraction of sp³-hybridized carbons (Fsp3) is 0.312. The summed E-state index contributed by atoms with van der Waals surface area (Å²) in [6.45, 7) is 0.625. The largest absolute Gasteiger partial charge is 0.336 e. The molecule has 6 heteroatoms. The molecule has 1 aromatic heterocycles. The lowest BCUT2D eigenvalue weighted by Crippen LogP contribution is -2.49. The highest BCUT2D eigenvalue weighted by molar-refractivity contribution is 5.75. The predicted octanol–water partition coefficient (Wildman–Crippen LogP) is 2.22. The van der Waals surface area contributed by atoms with Crippen LogP contribution in [0.4, 0.5) is 10.7 Å². The topological polar surface area (TPSA) is 78.9 Å². The smallest absolute Gasteiger partial charge is 0.333 e. The molecule has 114 valence electrons. The van der Waals surface area contributed by atoms with Crippen molar-refractivity contribution in [3.8, 4) is 0 Å². The Hall–Kier alpha value is -2.63. The van der Waals surface area contributed by atoms with Gasteiger partial charge < -0.3 is 5.32 Å². The summed E-state index contributed by atoms with van der Waals surface area (Å²) < 4.78 is 0. The van der Waals surface area contributed by atoms with Gasteiger partial charge in [0, 0.05) is 24.4 Å². The van der Waals surface area contributed by atoms with Gasteiger partial charge in [-0.05, 0) is 24.5 Å². The first-order valence-corrected chi connectivity index (χ1v) is 7.41. The first-order chi connectivity index (χ1) is 10.8. The zero-order chi connectivity index (χ0) is 15.3. The molecule has 1 aliphatic rings. The molecule has 0 spiro atoms. The average Bonchev–Trinajstić information content (AvgIpc) is 2.54. The number of hydrazine groups is 1. The quantitative estimate of drug-likeness (QED) is 0.739. The van der Waals surface area contributed by atoms with Gasteiger partial charge in [-0.1, -0.05) is 36.8 Å². The van der Waals surface area contributed by atoms with Crippen LogP contribution in [0.2, 0.25) is 0 Å². The summed E-state index contributed by atoms with van der Waals surface area (Å²) in [4.78, 5) is 19.8. The van der Waals surface area contributed by atoms with Gasteiger partial charge in [0.25, 0.3) is 0 Å². The summed E-state index contributed by atoms with van der Waals surface area (Å²) in [6.07, 6.45) is 6.62. The van der Waals surface area contributed by atoms with E-state index < -0.39 is 0 Å². The van der Waals surface area contributed by atoms with Gasteiger partial charge in [-0.3, -0.25) is 5.43 Å². The number of hydrogen-bond donors (Lipinski definition) is 3. The monoisotopic (exact) mass is 297 g/mol. The van der Waals surface area contributed by atoms with Crippen LogP contribution < -0.4 is 16.2 Å². The second kappa shape index (κ2) is 6.43. The molecule has 1 fully saturated rings. The van der Waals surface area contributed by atoms with Crippen LogP contribution in [0.15, 0.2) is 48.8 Å². The number of aromatic nitrogens is 2. The molecule has 6 nitrogen and oxygen atoms in total. The summed E-state index contributed by atoms with van der Waals surface area (Å²) in [7, 11) is 0. The van der Waals surface area contributed by atoms with Gasteiger partial charge in [0.15, 0.2) is 0 Å². The third-order valence-corrected chi connectivity index (χ3v) is 4.14. The SMILES string of the molecule is O=C(NCC1(c2ccccc2)CCC1)NNc1ncccn1. The van der Waals surface area contributed by atoms with Gasteiger partial charge in [0.05, 0.1) is 0 Å². The highest BCUT2D eigenvalue weighted by Gasteiger charge is 2.38. The van der Waals surface area contributed by atoms with E-state index in [0.29, 0.717) is 12.5 Å². The average molecular weight is 297 g/mol. The maximum atomic E-state index is 11.9. The molecule has 0 saturated heterocycles. The lowest BCUT2D eigenvalue weighted by atomic mass is 9.64. The van der Waals surface area contributed by atoms with Crippen LogP contribution in [0.25, 0.3) is 0 Å². The Kier molecular flexibility index (Phi) is 4.18. The van der Waals surface area contributed by atoms with Crippen molar-refractivity contribution >= 4 is 12.0 Å². The van der Waals surface area contributed by atoms with Crippen LogP contribution in [-0.4, -0.2) is 22.5 Å². The molecular formula is C16H19N5O. The summed E-state index contributed by atoms with van der Waals surface area (Å²) in [5.41, 5.74) is 6.58. The molecule has 1 aromatic carbocycles. The van der Waals surface area contributed by atoms with Gasteiger partial charge in [-0.2, -0.15) is 0 Å². The molecule has 0 radical (unpaired) electrons. The summed E-state index contributed by atoms with van der Waals surface area (Å²) >= 11 is 0. The Morgan fingerprint density at radius 1 is 1.09 bits per heavy atom. The Balaban J connectivity index is 1.52. The van der Waals surface area contributed by atoms with Gasteiger partial charge in [0.2, 0.25) is 5.95 Å². The first kappa shape index (κ1) is 14.3. The molecule has 1 saturated carbocycles. The predicted molar refractivity (Wildman–Crippen MR) is 84.2 cm³/mol. The van der Waals surface area contributed by atoms with Crippen LogP contribution in [0.1, 0.15) is 24.8 Å². The molecule has 0 unspecified atom stereocenters. The van der Waals surface area contributed by atoms with Crippen LogP contribution in [0.5, 0.6) is 0 Å². The van der Waals surface area contributed by atoms with Crippen molar-refractivity contribution in [3.05, 3.63) is 54.4 Å². The third kappa shape index (κ3) is 3.16. The Morgan fingerprint density at radius 3 is 2.45 bits per heavy atom. The van der Waals surface area contributed by atoms with Crippen molar-refractivity contribution in [1.29, 1.82) is 0 Å². The van der Waals surface area contributed by atoms with Crippen LogP contribution in [0.3, 0.4) is 0 Å². The normalized spacial score (nSPS) is 15.5. The number of benzene rings is 1. The molecule has 1 aliphatic carbocycles. The summed E-state index contributed by atoms with van der Waals surface area (Å²) in [6, 6.07) is 11.8. The maximum Gasteiger partial charge on any atom is 0.333 e. The van der Waals surface area contributed by atoms with Gasteiger partial charge in [-0.15, -0.1) is 0 Å². The van der Waals surface area contributed by atoms with Crippen LogP contribution >= 0.6 is 0 Å².